The number of carbonyl (C=O) groups is 1. The molecule has 1 fully saturated rings. The van der Waals surface area contributed by atoms with E-state index >= 15 is 0 Å². The molecular formula is C12H15NO3. The number of esters is 1. The van der Waals surface area contributed by atoms with Crippen molar-refractivity contribution in [1.82, 2.24) is 0 Å². The zero-order valence-corrected chi connectivity index (χ0v) is 8.93. The Kier molecular flexibility index (Phi) is 2.94. The topological polar surface area (TPSA) is 72.5 Å². The van der Waals surface area contributed by atoms with Gasteiger partial charge in [-0.2, -0.15) is 0 Å². The van der Waals surface area contributed by atoms with Gasteiger partial charge in [-0.15, -0.1) is 0 Å². The van der Waals surface area contributed by atoms with Crippen LogP contribution in [0.4, 0.5) is 0 Å². The lowest BCUT2D eigenvalue weighted by Crippen LogP contribution is -2.32. The van der Waals surface area contributed by atoms with Gasteiger partial charge in [-0.3, -0.25) is 4.79 Å². The maximum Gasteiger partial charge on any atom is 0.311 e. The summed E-state index contributed by atoms with van der Waals surface area (Å²) in [6, 6.07) is 9.47. The Morgan fingerprint density at radius 1 is 1.50 bits per heavy atom. The highest BCUT2D eigenvalue weighted by Crippen LogP contribution is 2.41. The smallest absolute Gasteiger partial charge is 0.311 e. The molecule has 1 aliphatic carbocycles. The lowest BCUT2D eigenvalue weighted by Gasteiger charge is -2.07. The van der Waals surface area contributed by atoms with E-state index in [0.717, 1.165) is 5.56 Å². The van der Waals surface area contributed by atoms with Crippen molar-refractivity contribution in [3.05, 3.63) is 35.9 Å². The number of nitrogens with two attached hydrogens (primary N) is 1. The summed E-state index contributed by atoms with van der Waals surface area (Å²) in [5.41, 5.74) is 5.91. The fraction of sp³-hybridized carbons (Fsp3) is 0.417. The van der Waals surface area contributed by atoms with Crippen LogP contribution < -0.4 is 5.73 Å². The van der Waals surface area contributed by atoms with Crippen molar-refractivity contribution in [1.29, 1.82) is 0 Å². The summed E-state index contributed by atoms with van der Waals surface area (Å²) in [6.07, 6.45) is 0.511. The molecule has 86 valence electrons. The third-order valence-electron chi connectivity index (χ3n) is 2.92. The molecule has 2 unspecified atom stereocenters. The van der Waals surface area contributed by atoms with Crippen LogP contribution in [0.2, 0.25) is 0 Å². The number of rotatable bonds is 4. The summed E-state index contributed by atoms with van der Waals surface area (Å²) >= 11 is 0. The maximum absolute atomic E-state index is 11.5. The van der Waals surface area contributed by atoms with E-state index in [-0.39, 0.29) is 25.1 Å². The highest BCUT2D eigenvalue weighted by atomic mass is 16.5. The molecule has 0 heterocycles. The summed E-state index contributed by atoms with van der Waals surface area (Å²) in [7, 11) is 0. The molecule has 2 atom stereocenters. The van der Waals surface area contributed by atoms with Gasteiger partial charge in [0.15, 0.2) is 0 Å². The monoisotopic (exact) mass is 221 g/mol. The molecule has 0 bridgehead atoms. The highest BCUT2D eigenvalue weighted by molar-refractivity contribution is 5.78. The van der Waals surface area contributed by atoms with Gasteiger partial charge < -0.3 is 15.6 Å². The van der Waals surface area contributed by atoms with Crippen LogP contribution in [0.5, 0.6) is 0 Å². The Hall–Kier alpha value is -1.39. The minimum Gasteiger partial charge on any atom is -0.461 e. The Morgan fingerprint density at radius 2 is 2.19 bits per heavy atom. The van der Waals surface area contributed by atoms with Gasteiger partial charge in [0.2, 0.25) is 0 Å². The average Bonchev–Trinajstić information content (AvgIpc) is 3.01. The van der Waals surface area contributed by atoms with Crippen molar-refractivity contribution in [2.24, 2.45) is 11.7 Å². The summed E-state index contributed by atoms with van der Waals surface area (Å²) in [5, 5.41) is 8.94. The first-order chi connectivity index (χ1) is 7.65. The van der Waals surface area contributed by atoms with E-state index < -0.39 is 5.54 Å². The number of ether oxygens (including phenoxy) is 1. The summed E-state index contributed by atoms with van der Waals surface area (Å²) in [6.45, 7) is 0.0930. The third-order valence-corrected chi connectivity index (χ3v) is 2.92. The Morgan fingerprint density at radius 3 is 2.75 bits per heavy atom. The fourth-order valence-corrected chi connectivity index (χ4v) is 1.64. The molecule has 2 rings (SSSR count). The van der Waals surface area contributed by atoms with Gasteiger partial charge in [-0.1, -0.05) is 30.3 Å². The SMILES string of the molecule is NC1(CO)CC1C(=O)OCc1ccccc1. The van der Waals surface area contributed by atoms with Crippen LogP contribution in [-0.4, -0.2) is 23.2 Å². The molecule has 0 spiro atoms. The van der Waals surface area contributed by atoms with Crippen molar-refractivity contribution in [3.8, 4) is 0 Å². The first-order valence-corrected chi connectivity index (χ1v) is 5.26. The molecule has 16 heavy (non-hydrogen) atoms. The molecule has 1 aliphatic rings. The van der Waals surface area contributed by atoms with E-state index in [9.17, 15) is 4.79 Å². The van der Waals surface area contributed by atoms with Gasteiger partial charge >= 0.3 is 5.97 Å². The maximum atomic E-state index is 11.5. The standard InChI is InChI=1S/C12H15NO3/c13-12(8-14)6-10(12)11(15)16-7-9-4-2-1-3-5-9/h1-5,10,14H,6-8,13H2. The first kappa shape index (κ1) is 11.1. The zero-order valence-electron chi connectivity index (χ0n) is 8.93. The van der Waals surface area contributed by atoms with E-state index in [4.69, 9.17) is 15.6 Å². The normalized spacial score (nSPS) is 27.5. The Balaban J connectivity index is 1.82. The van der Waals surface area contributed by atoms with E-state index in [1.165, 1.54) is 0 Å². The van der Waals surface area contributed by atoms with Crippen molar-refractivity contribution in [3.63, 3.8) is 0 Å². The molecular weight excluding hydrogens is 206 g/mol. The summed E-state index contributed by atoms with van der Waals surface area (Å²) < 4.78 is 5.12. The van der Waals surface area contributed by atoms with Gasteiger partial charge in [-0.25, -0.2) is 0 Å². The average molecular weight is 221 g/mol. The van der Waals surface area contributed by atoms with E-state index in [0.29, 0.717) is 6.42 Å². The van der Waals surface area contributed by atoms with Crippen LogP contribution in [-0.2, 0) is 16.1 Å². The molecule has 0 aliphatic heterocycles. The first-order valence-electron chi connectivity index (χ1n) is 5.26. The molecule has 0 radical (unpaired) electrons. The fourth-order valence-electron chi connectivity index (χ4n) is 1.64. The number of aliphatic hydroxyl groups excluding tert-OH is 1. The van der Waals surface area contributed by atoms with Crippen molar-refractivity contribution in [2.45, 2.75) is 18.6 Å². The largest absolute Gasteiger partial charge is 0.461 e. The summed E-state index contributed by atoms with van der Waals surface area (Å²) in [4.78, 5) is 11.5. The molecule has 0 aromatic heterocycles. The molecule has 4 heteroatoms. The molecule has 1 aromatic carbocycles. The molecule has 1 saturated carbocycles. The van der Waals surface area contributed by atoms with Crippen LogP contribution in [0.15, 0.2) is 30.3 Å². The number of aliphatic hydroxyl groups is 1. The Labute approximate surface area is 94.0 Å². The minimum atomic E-state index is -0.742. The third kappa shape index (κ3) is 2.23. The van der Waals surface area contributed by atoms with Gasteiger partial charge in [0.1, 0.15) is 6.61 Å². The van der Waals surface area contributed by atoms with E-state index in [2.05, 4.69) is 0 Å². The van der Waals surface area contributed by atoms with Gasteiger partial charge in [0, 0.05) is 0 Å². The van der Waals surface area contributed by atoms with Crippen molar-refractivity contribution >= 4 is 5.97 Å². The Bertz CT molecular complexity index is 379. The van der Waals surface area contributed by atoms with Gasteiger partial charge in [-0.05, 0) is 12.0 Å². The highest BCUT2D eigenvalue weighted by Gasteiger charge is 2.56. The number of benzene rings is 1. The van der Waals surface area contributed by atoms with Crippen LogP contribution in [0.25, 0.3) is 0 Å². The lowest BCUT2D eigenvalue weighted by molar-refractivity contribution is -0.147. The van der Waals surface area contributed by atoms with E-state index in [1.54, 1.807) is 0 Å². The molecule has 1 aromatic rings. The second-order valence-electron chi connectivity index (χ2n) is 4.24. The molecule has 0 saturated heterocycles. The number of hydrogen-bond acceptors (Lipinski definition) is 4. The quantitative estimate of drug-likeness (QED) is 0.724. The summed E-state index contributed by atoms with van der Waals surface area (Å²) in [5.74, 6) is -0.665. The predicted octanol–water partition coefficient (Wildman–Crippen LogP) is 0.439. The van der Waals surface area contributed by atoms with Crippen LogP contribution >= 0.6 is 0 Å². The number of carbonyl (C=O) groups excluding carboxylic acids is 1. The molecule has 0 amide bonds. The molecule has 3 N–H and O–H groups in total. The van der Waals surface area contributed by atoms with Crippen LogP contribution in [0, 0.1) is 5.92 Å². The molecule has 4 nitrogen and oxygen atoms in total. The zero-order chi connectivity index (χ0) is 11.6. The minimum absolute atomic E-state index is 0.169. The van der Waals surface area contributed by atoms with E-state index in [1.807, 2.05) is 30.3 Å². The van der Waals surface area contributed by atoms with Crippen LogP contribution in [0.1, 0.15) is 12.0 Å². The lowest BCUT2D eigenvalue weighted by atomic mass is 10.2. The van der Waals surface area contributed by atoms with Crippen molar-refractivity contribution < 1.29 is 14.6 Å². The van der Waals surface area contributed by atoms with Crippen molar-refractivity contribution in [2.75, 3.05) is 6.61 Å². The second kappa shape index (κ2) is 4.23. The van der Waals surface area contributed by atoms with Crippen LogP contribution in [0.3, 0.4) is 0 Å². The second-order valence-corrected chi connectivity index (χ2v) is 4.24. The number of hydrogen-bond donors (Lipinski definition) is 2. The van der Waals surface area contributed by atoms with Gasteiger partial charge in [0.05, 0.1) is 18.1 Å². The van der Waals surface area contributed by atoms with Gasteiger partial charge in [0.25, 0.3) is 0 Å². The predicted molar refractivity (Wildman–Crippen MR) is 58.3 cm³/mol.